The van der Waals surface area contributed by atoms with Crippen LogP contribution in [0.2, 0.25) is 0 Å². The van der Waals surface area contributed by atoms with Gasteiger partial charge in [-0.2, -0.15) is 0 Å². The molecule has 0 saturated carbocycles. The Balaban J connectivity index is 1.55. The molecule has 2 aromatic carbocycles. The number of aryl methyl sites for hydroxylation is 1. The molecule has 0 bridgehead atoms. The Morgan fingerprint density at radius 1 is 1.09 bits per heavy atom. The Morgan fingerprint density at radius 2 is 1.89 bits per heavy atom. The van der Waals surface area contributed by atoms with Gasteiger partial charge in [0.15, 0.2) is 0 Å². The first-order valence-electron chi connectivity index (χ1n) is 12.0. The minimum Gasteiger partial charge on any atom is -0.493 e. The van der Waals surface area contributed by atoms with Crippen molar-refractivity contribution in [1.82, 2.24) is 5.32 Å². The minimum atomic E-state index is -3.94. The first-order chi connectivity index (χ1) is 16.7. The van der Waals surface area contributed by atoms with Crippen LogP contribution in [0, 0.1) is 5.92 Å². The number of hydrogen-bond acceptors (Lipinski definition) is 4. The lowest BCUT2D eigenvalue weighted by Crippen LogP contribution is -2.16. The predicted molar refractivity (Wildman–Crippen MR) is 144 cm³/mol. The van der Waals surface area contributed by atoms with Crippen molar-refractivity contribution in [3.63, 3.8) is 0 Å². The van der Waals surface area contributed by atoms with Gasteiger partial charge in [0.1, 0.15) is 5.75 Å². The van der Waals surface area contributed by atoms with Crippen LogP contribution >= 0.6 is 23.5 Å². The highest BCUT2D eigenvalue weighted by atomic mass is 79.9. The highest BCUT2D eigenvalue weighted by Gasteiger charge is 2.12. The van der Waals surface area contributed by atoms with E-state index in [9.17, 15) is 4.57 Å². The SMILES string of the molecule is CC(C)Cc1ccc(CCCOc2ccc(CNCCCP(=O)(O)O)cc2-c2ccoc2)cc1Br. The highest BCUT2D eigenvalue weighted by Crippen LogP contribution is 2.34. The molecule has 3 rings (SSSR count). The Kier molecular flexibility index (Phi) is 10.6. The molecule has 0 spiro atoms. The van der Waals surface area contributed by atoms with Crippen molar-refractivity contribution in [3.05, 3.63) is 76.2 Å². The number of ether oxygens (including phenoxy) is 1. The van der Waals surface area contributed by atoms with E-state index in [1.165, 1.54) is 15.6 Å². The monoisotopic (exact) mass is 563 g/mol. The highest BCUT2D eigenvalue weighted by molar-refractivity contribution is 9.10. The van der Waals surface area contributed by atoms with Crippen molar-refractivity contribution in [2.24, 2.45) is 5.92 Å². The molecule has 0 radical (unpaired) electrons. The van der Waals surface area contributed by atoms with E-state index in [2.05, 4.69) is 59.4 Å². The van der Waals surface area contributed by atoms with E-state index in [-0.39, 0.29) is 6.16 Å². The van der Waals surface area contributed by atoms with Gasteiger partial charge in [0.25, 0.3) is 0 Å². The van der Waals surface area contributed by atoms with Gasteiger partial charge in [-0.25, -0.2) is 0 Å². The second-order valence-corrected chi connectivity index (χ2v) is 11.9. The van der Waals surface area contributed by atoms with Crippen LogP contribution in [0.25, 0.3) is 11.1 Å². The largest absolute Gasteiger partial charge is 0.493 e. The number of benzene rings is 2. The third-order valence-electron chi connectivity index (χ3n) is 5.62. The van der Waals surface area contributed by atoms with E-state index in [4.69, 9.17) is 18.9 Å². The molecule has 3 N–H and O–H groups in total. The van der Waals surface area contributed by atoms with Crippen molar-refractivity contribution in [3.8, 4) is 16.9 Å². The standard InChI is InChI=1S/C27H35BrNO5P/c1-20(2)15-23-8-6-21(17-26(23)28)5-3-12-34-27-9-7-22(16-25(27)24-10-13-33-19-24)18-29-11-4-14-35(30,31)32/h6-10,13,16-17,19-20,29H,3-5,11-12,14-15,18H2,1-2H3,(H2,30,31,32). The fourth-order valence-corrected chi connectivity index (χ4v) is 5.07. The molecule has 6 nitrogen and oxygen atoms in total. The summed E-state index contributed by atoms with van der Waals surface area (Å²) < 4.78 is 23.6. The second kappa shape index (κ2) is 13.4. The third-order valence-corrected chi connectivity index (χ3v) is 7.26. The molecule has 0 atom stereocenters. The summed E-state index contributed by atoms with van der Waals surface area (Å²) in [5.74, 6) is 1.44. The van der Waals surface area contributed by atoms with E-state index in [0.29, 0.717) is 32.0 Å². The minimum absolute atomic E-state index is 0.105. The number of nitrogens with one attached hydrogen (secondary N) is 1. The predicted octanol–water partition coefficient (Wildman–Crippen LogP) is 6.58. The van der Waals surface area contributed by atoms with Crippen molar-refractivity contribution >= 4 is 23.5 Å². The van der Waals surface area contributed by atoms with Crippen LogP contribution in [0.5, 0.6) is 5.75 Å². The van der Waals surface area contributed by atoms with E-state index in [1.807, 2.05) is 18.2 Å². The molecule has 1 aromatic heterocycles. The quantitative estimate of drug-likeness (QED) is 0.151. The van der Waals surface area contributed by atoms with Crippen LogP contribution in [0.1, 0.15) is 43.4 Å². The molecule has 0 unspecified atom stereocenters. The molecule has 0 aliphatic carbocycles. The molecule has 1 heterocycles. The van der Waals surface area contributed by atoms with Crippen molar-refractivity contribution in [2.45, 2.75) is 46.1 Å². The summed E-state index contributed by atoms with van der Waals surface area (Å²) in [4.78, 5) is 17.9. The molecule has 0 fully saturated rings. The molecule has 0 aliphatic rings. The molecule has 0 aliphatic heterocycles. The molecular formula is C27H35BrNO5P. The van der Waals surface area contributed by atoms with Gasteiger partial charge in [-0.15, -0.1) is 0 Å². The lowest BCUT2D eigenvalue weighted by molar-refractivity contribution is 0.312. The lowest BCUT2D eigenvalue weighted by Gasteiger charge is -2.14. The van der Waals surface area contributed by atoms with E-state index in [0.717, 1.165) is 41.7 Å². The van der Waals surface area contributed by atoms with Gasteiger partial charge in [-0.1, -0.05) is 48.0 Å². The van der Waals surface area contributed by atoms with Crippen molar-refractivity contribution in [1.29, 1.82) is 0 Å². The van der Waals surface area contributed by atoms with Crippen LogP contribution in [-0.2, 0) is 24.0 Å². The average Bonchev–Trinajstić information content (AvgIpc) is 3.32. The Labute approximate surface area is 216 Å². The fourth-order valence-electron chi connectivity index (χ4n) is 3.91. The topological polar surface area (TPSA) is 91.9 Å². The zero-order chi connectivity index (χ0) is 25.3. The number of hydrogen-bond donors (Lipinski definition) is 3. The van der Waals surface area contributed by atoms with Gasteiger partial charge >= 0.3 is 7.60 Å². The summed E-state index contributed by atoms with van der Waals surface area (Å²) in [6.07, 6.45) is 6.59. The zero-order valence-electron chi connectivity index (χ0n) is 20.4. The van der Waals surface area contributed by atoms with Gasteiger partial charge < -0.3 is 24.3 Å². The van der Waals surface area contributed by atoms with Gasteiger partial charge in [-0.05, 0) is 79.1 Å². The van der Waals surface area contributed by atoms with Crippen LogP contribution in [0.3, 0.4) is 0 Å². The van der Waals surface area contributed by atoms with Gasteiger partial charge in [-0.3, -0.25) is 4.57 Å². The molecule has 0 amide bonds. The number of halogens is 1. The molecule has 0 saturated heterocycles. The summed E-state index contributed by atoms with van der Waals surface area (Å²) in [5, 5.41) is 3.24. The normalized spacial score (nSPS) is 11.8. The summed E-state index contributed by atoms with van der Waals surface area (Å²) in [6.45, 7) is 6.21. The summed E-state index contributed by atoms with van der Waals surface area (Å²) >= 11 is 3.71. The van der Waals surface area contributed by atoms with E-state index < -0.39 is 7.60 Å². The summed E-state index contributed by atoms with van der Waals surface area (Å²) in [7, 11) is -3.94. The van der Waals surface area contributed by atoms with Crippen LogP contribution < -0.4 is 10.1 Å². The Morgan fingerprint density at radius 3 is 2.57 bits per heavy atom. The average molecular weight is 564 g/mol. The second-order valence-electron chi connectivity index (χ2n) is 9.24. The van der Waals surface area contributed by atoms with Crippen LogP contribution in [0.15, 0.2) is 63.9 Å². The Hall–Kier alpha value is -1.89. The zero-order valence-corrected chi connectivity index (χ0v) is 22.9. The first-order valence-corrected chi connectivity index (χ1v) is 14.6. The Bertz CT molecular complexity index is 1110. The van der Waals surface area contributed by atoms with Crippen LogP contribution in [-0.4, -0.2) is 29.1 Å². The van der Waals surface area contributed by atoms with E-state index >= 15 is 0 Å². The molecule has 35 heavy (non-hydrogen) atoms. The van der Waals surface area contributed by atoms with Gasteiger partial charge in [0.05, 0.1) is 25.3 Å². The maximum Gasteiger partial charge on any atom is 0.325 e. The van der Waals surface area contributed by atoms with Crippen molar-refractivity contribution in [2.75, 3.05) is 19.3 Å². The smallest absolute Gasteiger partial charge is 0.325 e. The maximum atomic E-state index is 11.0. The van der Waals surface area contributed by atoms with Crippen LogP contribution in [0.4, 0.5) is 0 Å². The van der Waals surface area contributed by atoms with Crippen molar-refractivity contribution < 1.29 is 23.5 Å². The number of rotatable bonds is 14. The van der Waals surface area contributed by atoms with Gasteiger partial charge in [0.2, 0.25) is 0 Å². The fraction of sp³-hybridized carbons (Fsp3) is 0.407. The molecule has 8 heteroatoms. The lowest BCUT2D eigenvalue weighted by atomic mass is 10.0. The van der Waals surface area contributed by atoms with Gasteiger partial charge in [0, 0.05) is 22.1 Å². The third kappa shape index (κ3) is 9.59. The summed E-state index contributed by atoms with van der Waals surface area (Å²) in [5.41, 5.74) is 5.63. The first kappa shape index (κ1) is 27.7. The molecule has 190 valence electrons. The molecular weight excluding hydrogens is 529 g/mol. The maximum absolute atomic E-state index is 11.0. The van der Waals surface area contributed by atoms with E-state index in [1.54, 1.807) is 12.5 Å². The molecule has 3 aromatic rings. The summed E-state index contributed by atoms with van der Waals surface area (Å²) in [6, 6.07) is 14.6. The number of furan rings is 1.